The van der Waals surface area contributed by atoms with Crippen LogP contribution in [0.2, 0.25) is 5.02 Å². The van der Waals surface area contributed by atoms with Gasteiger partial charge in [0, 0.05) is 10.9 Å². The largest absolute Gasteiger partial charge is 0.391 e. The number of benzene rings is 1. The van der Waals surface area contributed by atoms with E-state index in [4.69, 9.17) is 11.6 Å². The van der Waals surface area contributed by atoms with Crippen LogP contribution in [0.1, 0.15) is 37.4 Å². The molecule has 108 valence electrons. The van der Waals surface area contributed by atoms with Crippen LogP contribution < -0.4 is 0 Å². The maximum atomic E-state index is 12.6. The van der Waals surface area contributed by atoms with Gasteiger partial charge in [-0.1, -0.05) is 11.6 Å². The molecule has 1 aliphatic rings. The van der Waals surface area contributed by atoms with E-state index in [0.29, 0.717) is 17.9 Å². The fourth-order valence-corrected chi connectivity index (χ4v) is 3.06. The first-order valence-corrected chi connectivity index (χ1v) is 7.03. The van der Waals surface area contributed by atoms with Crippen molar-refractivity contribution in [2.24, 2.45) is 5.92 Å². The number of nitrogens with zero attached hydrogens (tertiary/aromatic N) is 1. The van der Waals surface area contributed by atoms with E-state index in [0.717, 1.165) is 16.9 Å². The van der Waals surface area contributed by atoms with Gasteiger partial charge in [-0.3, -0.25) is 0 Å². The van der Waals surface area contributed by atoms with Gasteiger partial charge in [-0.05, 0) is 43.9 Å². The van der Waals surface area contributed by atoms with Crippen LogP contribution in [0.5, 0.6) is 0 Å². The molecule has 0 radical (unpaired) electrons. The van der Waals surface area contributed by atoms with Crippen molar-refractivity contribution in [3.05, 3.63) is 29.0 Å². The van der Waals surface area contributed by atoms with Gasteiger partial charge in [-0.15, -0.1) is 0 Å². The fraction of sp³-hybridized carbons (Fsp3) is 0.500. The Hall–Kier alpha value is -1.23. The molecule has 3 rings (SSSR count). The number of alkyl halides is 3. The molecule has 1 saturated carbocycles. The molecule has 1 fully saturated rings. The number of aromatic nitrogens is 2. The molecule has 0 spiro atoms. The number of hydrogen-bond donors (Lipinski definition) is 1. The second kappa shape index (κ2) is 4.95. The van der Waals surface area contributed by atoms with Crippen molar-refractivity contribution >= 4 is 22.6 Å². The Bertz CT molecular complexity index is 612. The summed E-state index contributed by atoms with van der Waals surface area (Å²) in [5, 5.41) is 0.619. The third-order valence-electron chi connectivity index (χ3n) is 4.04. The smallest absolute Gasteiger partial charge is 0.342 e. The van der Waals surface area contributed by atoms with Crippen LogP contribution in [0.4, 0.5) is 13.2 Å². The van der Waals surface area contributed by atoms with Crippen LogP contribution in [-0.2, 0) is 0 Å². The van der Waals surface area contributed by atoms with Gasteiger partial charge < -0.3 is 4.98 Å². The normalized spacial score (nSPS) is 24.2. The van der Waals surface area contributed by atoms with E-state index in [-0.39, 0.29) is 18.8 Å². The van der Waals surface area contributed by atoms with Crippen LogP contribution in [0.3, 0.4) is 0 Å². The van der Waals surface area contributed by atoms with Gasteiger partial charge in [-0.2, -0.15) is 13.2 Å². The second-order valence-corrected chi connectivity index (χ2v) is 5.81. The van der Waals surface area contributed by atoms with Crippen molar-refractivity contribution in [2.75, 3.05) is 0 Å². The zero-order chi connectivity index (χ0) is 14.3. The molecule has 0 aliphatic heterocycles. The Kier molecular flexibility index (Phi) is 3.40. The van der Waals surface area contributed by atoms with E-state index in [1.165, 1.54) is 0 Å². The summed E-state index contributed by atoms with van der Waals surface area (Å²) in [4.78, 5) is 7.65. The lowest BCUT2D eigenvalue weighted by Crippen LogP contribution is -2.27. The molecule has 0 amide bonds. The van der Waals surface area contributed by atoms with Gasteiger partial charge >= 0.3 is 6.18 Å². The SMILES string of the molecule is FC(F)(F)C1CCC(c2nc3ccc(Cl)cc3[nH]2)CC1. The summed E-state index contributed by atoms with van der Waals surface area (Å²) >= 11 is 5.91. The standard InChI is InChI=1S/C14H14ClF3N2/c15-10-5-6-11-12(7-10)20-13(19-11)8-1-3-9(4-2-8)14(16,17)18/h5-9H,1-4H2,(H,19,20). The first kappa shape index (κ1) is 13.7. The predicted molar refractivity (Wildman–Crippen MR) is 71.9 cm³/mol. The average Bonchev–Trinajstić information content (AvgIpc) is 2.80. The lowest BCUT2D eigenvalue weighted by Gasteiger charge is -2.28. The predicted octanol–water partition coefficient (Wildman–Crippen LogP) is 5.05. The monoisotopic (exact) mass is 302 g/mol. The molecular formula is C14H14ClF3N2. The molecule has 20 heavy (non-hydrogen) atoms. The van der Waals surface area contributed by atoms with Gasteiger partial charge in [0.2, 0.25) is 0 Å². The number of rotatable bonds is 1. The Morgan fingerprint density at radius 1 is 1.15 bits per heavy atom. The van der Waals surface area contributed by atoms with E-state index in [9.17, 15) is 13.2 Å². The minimum Gasteiger partial charge on any atom is -0.342 e. The van der Waals surface area contributed by atoms with Gasteiger partial charge in [0.25, 0.3) is 0 Å². The van der Waals surface area contributed by atoms with Crippen LogP contribution in [0.15, 0.2) is 18.2 Å². The Morgan fingerprint density at radius 2 is 1.85 bits per heavy atom. The number of halogens is 4. The Balaban J connectivity index is 1.76. The molecule has 0 atom stereocenters. The maximum absolute atomic E-state index is 12.6. The van der Waals surface area contributed by atoms with Crippen LogP contribution in [0.25, 0.3) is 11.0 Å². The summed E-state index contributed by atoms with van der Waals surface area (Å²) in [6.45, 7) is 0. The highest BCUT2D eigenvalue weighted by Crippen LogP contribution is 2.42. The molecule has 1 aromatic carbocycles. The molecule has 1 N–H and O–H groups in total. The van der Waals surface area contributed by atoms with Crippen molar-refractivity contribution in [2.45, 2.75) is 37.8 Å². The zero-order valence-corrected chi connectivity index (χ0v) is 11.4. The van der Waals surface area contributed by atoms with Crippen LogP contribution in [0, 0.1) is 5.92 Å². The molecule has 1 heterocycles. The van der Waals surface area contributed by atoms with Crippen molar-refractivity contribution < 1.29 is 13.2 Å². The van der Waals surface area contributed by atoms with Gasteiger partial charge in [0.15, 0.2) is 0 Å². The van der Waals surface area contributed by atoms with E-state index in [2.05, 4.69) is 9.97 Å². The Morgan fingerprint density at radius 3 is 2.50 bits per heavy atom. The van der Waals surface area contributed by atoms with Crippen molar-refractivity contribution in [3.63, 3.8) is 0 Å². The maximum Gasteiger partial charge on any atom is 0.391 e. The molecular weight excluding hydrogens is 289 g/mol. The minimum atomic E-state index is -4.06. The van der Waals surface area contributed by atoms with Crippen molar-refractivity contribution in [1.29, 1.82) is 0 Å². The Labute approximate surface area is 119 Å². The number of aromatic amines is 1. The number of hydrogen-bond acceptors (Lipinski definition) is 1. The summed E-state index contributed by atoms with van der Waals surface area (Å²) < 4.78 is 37.9. The minimum absolute atomic E-state index is 0.0831. The highest BCUT2D eigenvalue weighted by Gasteiger charge is 2.41. The van der Waals surface area contributed by atoms with E-state index < -0.39 is 12.1 Å². The summed E-state index contributed by atoms with van der Waals surface area (Å²) in [6, 6.07) is 5.36. The summed E-state index contributed by atoms with van der Waals surface area (Å²) in [5.74, 6) is -0.291. The highest BCUT2D eigenvalue weighted by molar-refractivity contribution is 6.31. The summed E-state index contributed by atoms with van der Waals surface area (Å²) in [5.41, 5.74) is 1.65. The van der Waals surface area contributed by atoms with Crippen molar-refractivity contribution in [1.82, 2.24) is 9.97 Å². The number of H-pyrrole nitrogens is 1. The zero-order valence-electron chi connectivity index (χ0n) is 10.7. The molecule has 0 bridgehead atoms. The first-order chi connectivity index (χ1) is 9.43. The van der Waals surface area contributed by atoms with E-state index in [1.54, 1.807) is 12.1 Å². The molecule has 2 nitrogen and oxygen atoms in total. The molecule has 1 aliphatic carbocycles. The fourth-order valence-electron chi connectivity index (χ4n) is 2.89. The molecule has 1 aromatic heterocycles. The van der Waals surface area contributed by atoms with Crippen LogP contribution >= 0.6 is 11.6 Å². The van der Waals surface area contributed by atoms with Gasteiger partial charge in [0.1, 0.15) is 5.82 Å². The van der Waals surface area contributed by atoms with E-state index in [1.807, 2.05) is 6.07 Å². The average molecular weight is 303 g/mol. The molecule has 0 unspecified atom stereocenters. The summed E-state index contributed by atoms with van der Waals surface area (Å²) in [6.07, 6.45) is -2.64. The topological polar surface area (TPSA) is 28.7 Å². The lowest BCUT2D eigenvalue weighted by molar-refractivity contribution is -0.182. The number of fused-ring (bicyclic) bond motifs is 1. The number of imidazole rings is 1. The molecule has 0 saturated heterocycles. The third-order valence-corrected chi connectivity index (χ3v) is 4.27. The first-order valence-electron chi connectivity index (χ1n) is 6.65. The molecule has 2 aromatic rings. The van der Waals surface area contributed by atoms with Gasteiger partial charge in [-0.25, -0.2) is 4.98 Å². The molecule has 6 heteroatoms. The lowest BCUT2D eigenvalue weighted by atomic mass is 9.81. The van der Waals surface area contributed by atoms with Crippen molar-refractivity contribution in [3.8, 4) is 0 Å². The van der Waals surface area contributed by atoms with Crippen LogP contribution in [-0.4, -0.2) is 16.1 Å². The quantitative estimate of drug-likeness (QED) is 0.784. The van der Waals surface area contributed by atoms with E-state index >= 15 is 0 Å². The second-order valence-electron chi connectivity index (χ2n) is 5.37. The summed E-state index contributed by atoms with van der Waals surface area (Å²) in [7, 11) is 0. The number of nitrogens with one attached hydrogen (secondary N) is 1. The highest BCUT2D eigenvalue weighted by atomic mass is 35.5. The third kappa shape index (κ3) is 2.64. The van der Waals surface area contributed by atoms with Gasteiger partial charge in [0.05, 0.1) is 17.0 Å².